The highest BCUT2D eigenvalue weighted by molar-refractivity contribution is 6.30. The molecule has 2 N–H and O–H groups in total. The minimum atomic E-state index is -0.780. The van der Waals surface area contributed by atoms with Gasteiger partial charge in [0.2, 0.25) is 0 Å². The van der Waals surface area contributed by atoms with E-state index >= 15 is 0 Å². The first-order valence-corrected chi connectivity index (χ1v) is 6.79. The fourth-order valence-electron chi connectivity index (χ4n) is 1.81. The maximum atomic E-state index is 6.15. The standard InChI is InChI=1S/C14H18ClN3O2/c1-4-19-8-14(3,16)13-17-12(20-18-13)11-6-5-10(15)7-9(11)2/h5-7H,4,8,16H2,1-3H3. The SMILES string of the molecule is CCOCC(C)(N)c1noc(-c2ccc(Cl)cc2C)n1. The third kappa shape index (κ3) is 3.17. The monoisotopic (exact) mass is 295 g/mol. The average Bonchev–Trinajstić information content (AvgIpc) is 2.86. The first-order chi connectivity index (χ1) is 9.44. The lowest BCUT2D eigenvalue weighted by atomic mass is 10.0. The van der Waals surface area contributed by atoms with E-state index in [0.29, 0.717) is 30.0 Å². The fourth-order valence-corrected chi connectivity index (χ4v) is 2.04. The second kappa shape index (κ2) is 5.91. The van der Waals surface area contributed by atoms with Crippen LogP contribution in [-0.2, 0) is 10.3 Å². The van der Waals surface area contributed by atoms with Crippen molar-refractivity contribution in [1.82, 2.24) is 10.1 Å². The van der Waals surface area contributed by atoms with Gasteiger partial charge in [-0.25, -0.2) is 0 Å². The van der Waals surface area contributed by atoms with Crippen LogP contribution < -0.4 is 5.73 Å². The second-order valence-corrected chi connectivity index (χ2v) is 5.37. The van der Waals surface area contributed by atoms with Crippen LogP contribution in [0.5, 0.6) is 0 Å². The van der Waals surface area contributed by atoms with Crippen LogP contribution in [0.15, 0.2) is 22.7 Å². The van der Waals surface area contributed by atoms with Gasteiger partial charge in [0, 0.05) is 17.2 Å². The number of aromatic nitrogens is 2. The Kier molecular flexibility index (Phi) is 4.42. The number of hydrogen-bond acceptors (Lipinski definition) is 5. The molecule has 0 aliphatic carbocycles. The molecule has 108 valence electrons. The average molecular weight is 296 g/mol. The maximum Gasteiger partial charge on any atom is 0.258 e. The number of nitrogens with two attached hydrogens (primary N) is 1. The molecule has 0 fully saturated rings. The summed E-state index contributed by atoms with van der Waals surface area (Å²) < 4.78 is 10.6. The van der Waals surface area contributed by atoms with Crippen LogP contribution in [0.3, 0.4) is 0 Å². The van der Waals surface area contributed by atoms with E-state index in [1.165, 1.54) is 0 Å². The Balaban J connectivity index is 2.28. The molecule has 0 bridgehead atoms. The highest BCUT2D eigenvalue weighted by Gasteiger charge is 2.28. The molecule has 2 rings (SSSR count). The molecule has 1 atom stereocenters. The largest absolute Gasteiger partial charge is 0.379 e. The van der Waals surface area contributed by atoms with Gasteiger partial charge in [0.15, 0.2) is 5.82 Å². The topological polar surface area (TPSA) is 74.2 Å². The van der Waals surface area contributed by atoms with Crippen molar-refractivity contribution >= 4 is 11.6 Å². The molecule has 1 unspecified atom stereocenters. The predicted octanol–water partition coefficient (Wildman–Crippen LogP) is 2.91. The van der Waals surface area contributed by atoms with Crippen LogP contribution in [0, 0.1) is 6.92 Å². The first-order valence-electron chi connectivity index (χ1n) is 6.41. The molecule has 2 aromatic rings. The van der Waals surface area contributed by atoms with Crippen LogP contribution in [0.2, 0.25) is 5.02 Å². The first kappa shape index (κ1) is 15.0. The summed E-state index contributed by atoms with van der Waals surface area (Å²) in [7, 11) is 0. The Morgan fingerprint density at radius 3 is 2.85 bits per heavy atom. The Morgan fingerprint density at radius 2 is 2.20 bits per heavy atom. The molecular weight excluding hydrogens is 278 g/mol. The van der Waals surface area contributed by atoms with Crippen LogP contribution in [0.1, 0.15) is 25.2 Å². The molecule has 0 saturated heterocycles. The van der Waals surface area contributed by atoms with Gasteiger partial charge in [0.05, 0.1) is 6.61 Å². The number of rotatable bonds is 5. The van der Waals surface area contributed by atoms with Gasteiger partial charge >= 0.3 is 0 Å². The predicted molar refractivity (Wildman–Crippen MR) is 77.5 cm³/mol. The third-order valence-electron chi connectivity index (χ3n) is 2.96. The van der Waals surface area contributed by atoms with Gasteiger partial charge in [-0.05, 0) is 44.5 Å². The summed E-state index contributed by atoms with van der Waals surface area (Å²) in [5, 5.41) is 4.63. The van der Waals surface area contributed by atoms with Gasteiger partial charge in [-0.2, -0.15) is 4.98 Å². The van der Waals surface area contributed by atoms with Crippen molar-refractivity contribution in [3.63, 3.8) is 0 Å². The molecule has 0 aliphatic rings. The minimum Gasteiger partial charge on any atom is -0.379 e. The van der Waals surface area contributed by atoms with Gasteiger partial charge in [-0.1, -0.05) is 16.8 Å². The molecule has 0 radical (unpaired) electrons. The summed E-state index contributed by atoms with van der Waals surface area (Å²) in [5.41, 5.74) is 7.18. The number of halogens is 1. The van der Waals surface area contributed by atoms with Crippen molar-refractivity contribution in [2.45, 2.75) is 26.3 Å². The van der Waals surface area contributed by atoms with Gasteiger partial charge in [-0.15, -0.1) is 0 Å². The number of aryl methyl sites for hydroxylation is 1. The van der Waals surface area contributed by atoms with E-state index in [1.807, 2.05) is 32.9 Å². The van der Waals surface area contributed by atoms with Crippen LogP contribution >= 0.6 is 11.6 Å². The lowest BCUT2D eigenvalue weighted by Crippen LogP contribution is -2.39. The Morgan fingerprint density at radius 1 is 1.45 bits per heavy atom. The lowest BCUT2D eigenvalue weighted by molar-refractivity contribution is 0.0962. The number of benzene rings is 1. The summed E-state index contributed by atoms with van der Waals surface area (Å²) in [6.07, 6.45) is 0. The van der Waals surface area contributed by atoms with Gasteiger partial charge in [0.1, 0.15) is 5.54 Å². The fraction of sp³-hybridized carbons (Fsp3) is 0.429. The van der Waals surface area contributed by atoms with E-state index in [2.05, 4.69) is 10.1 Å². The van der Waals surface area contributed by atoms with E-state index in [9.17, 15) is 0 Å². The minimum absolute atomic E-state index is 0.335. The Hall–Kier alpha value is -1.43. The van der Waals surface area contributed by atoms with Gasteiger partial charge in [0.25, 0.3) is 5.89 Å². The zero-order chi connectivity index (χ0) is 14.8. The molecule has 20 heavy (non-hydrogen) atoms. The summed E-state index contributed by atoms with van der Waals surface area (Å²) >= 11 is 5.94. The van der Waals surface area contributed by atoms with Gasteiger partial charge in [-0.3, -0.25) is 0 Å². The van der Waals surface area contributed by atoms with Crippen molar-refractivity contribution in [1.29, 1.82) is 0 Å². The maximum absolute atomic E-state index is 6.15. The molecule has 0 aliphatic heterocycles. The van der Waals surface area contributed by atoms with E-state index in [-0.39, 0.29) is 0 Å². The normalized spacial score (nSPS) is 14.2. The molecule has 1 heterocycles. The summed E-state index contributed by atoms with van der Waals surface area (Å²) in [6, 6.07) is 5.49. The highest BCUT2D eigenvalue weighted by atomic mass is 35.5. The summed E-state index contributed by atoms with van der Waals surface area (Å²) in [6.45, 7) is 6.59. The second-order valence-electron chi connectivity index (χ2n) is 4.94. The van der Waals surface area contributed by atoms with Crippen LogP contribution in [0.25, 0.3) is 11.5 Å². The molecule has 0 saturated carbocycles. The quantitative estimate of drug-likeness (QED) is 0.918. The van der Waals surface area contributed by atoms with E-state index in [4.69, 9.17) is 26.6 Å². The summed E-state index contributed by atoms with van der Waals surface area (Å²) in [5.74, 6) is 0.859. The molecule has 1 aromatic carbocycles. The molecule has 0 spiro atoms. The van der Waals surface area contributed by atoms with Crippen LogP contribution in [-0.4, -0.2) is 23.4 Å². The van der Waals surface area contributed by atoms with E-state index < -0.39 is 5.54 Å². The molecule has 0 amide bonds. The Labute approximate surface area is 123 Å². The molecular formula is C14H18ClN3O2. The number of nitrogens with zero attached hydrogens (tertiary/aromatic N) is 2. The van der Waals surface area contributed by atoms with Crippen molar-refractivity contribution in [2.75, 3.05) is 13.2 Å². The summed E-state index contributed by atoms with van der Waals surface area (Å²) in [4.78, 5) is 4.37. The Bertz CT molecular complexity index is 596. The zero-order valence-corrected chi connectivity index (χ0v) is 12.6. The lowest BCUT2D eigenvalue weighted by Gasteiger charge is -2.19. The third-order valence-corrected chi connectivity index (χ3v) is 3.20. The molecule has 6 heteroatoms. The van der Waals surface area contributed by atoms with E-state index in [0.717, 1.165) is 11.1 Å². The van der Waals surface area contributed by atoms with Crippen molar-refractivity contribution in [2.24, 2.45) is 5.73 Å². The zero-order valence-electron chi connectivity index (χ0n) is 11.8. The number of hydrogen-bond donors (Lipinski definition) is 1. The molecule has 1 aromatic heterocycles. The molecule has 5 nitrogen and oxygen atoms in total. The van der Waals surface area contributed by atoms with Gasteiger partial charge < -0.3 is 15.0 Å². The van der Waals surface area contributed by atoms with Crippen molar-refractivity contribution in [3.8, 4) is 11.5 Å². The van der Waals surface area contributed by atoms with Crippen LogP contribution in [0.4, 0.5) is 0 Å². The van der Waals surface area contributed by atoms with E-state index in [1.54, 1.807) is 6.07 Å². The van der Waals surface area contributed by atoms with Crippen molar-refractivity contribution in [3.05, 3.63) is 34.6 Å². The number of ether oxygens (including phenoxy) is 1. The highest BCUT2D eigenvalue weighted by Crippen LogP contribution is 2.26. The van der Waals surface area contributed by atoms with Crippen molar-refractivity contribution < 1.29 is 9.26 Å². The smallest absolute Gasteiger partial charge is 0.258 e.